The lowest BCUT2D eigenvalue weighted by atomic mass is 10.1. The largest absolute Gasteiger partial charge is 0.366 e. The summed E-state index contributed by atoms with van der Waals surface area (Å²) in [5, 5.41) is 0. The third kappa shape index (κ3) is 1.86. The van der Waals surface area contributed by atoms with Gasteiger partial charge in [0, 0.05) is 36.7 Å². The molecule has 3 rings (SSSR count). The molecule has 0 radical (unpaired) electrons. The van der Waals surface area contributed by atoms with Gasteiger partial charge in [-0.05, 0) is 49.8 Å². The minimum atomic E-state index is -0.208. The topological polar surface area (TPSA) is 6.48 Å². The highest BCUT2D eigenvalue weighted by Crippen LogP contribution is 2.36. The summed E-state index contributed by atoms with van der Waals surface area (Å²) in [5.41, 5.74) is 4.88. The maximum atomic E-state index is 13.0. The van der Waals surface area contributed by atoms with Crippen molar-refractivity contribution in [2.75, 3.05) is 11.9 Å². The maximum Gasteiger partial charge on any atom is 0.123 e. The van der Waals surface area contributed by atoms with Crippen LogP contribution in [0.2, 0.25) is 0 Å². The number of rotatable bonds is 1. The molecule has 1 aromatic rings. The molecule has 0 bridgehead atoms. The van der Waals surface area contributed by atoms with Crippen LogP contribution in [0, 0.1) is 5.82 Å². The minimum Gasteiger partial charge on any atom is -0.366 e. The summed E-state index contributed by atoms with van der Waals surface area (Å²) in [4.78, 5) is 4.30. The van der Waals surface area contributed by atoms with E-state index in [9.17, 15) is 4.39 Å². The molecule has 1 atom stereocenters. The molecule has 2 nitrogen and oxygen atoms in total. The first-order chi connectivity index (χ1) is 9.08. The average Bonchev–Trinajstić information content (AvgIpc) is 2.64. The van der Waals surface area contributed by atoms with Crippen molar-refractivity contribution < 1.29 is 4.39 Å². The second-order valence-corrected chi connectivity index (χ2v) is 5.10. The summed E-state index contributed by atoms with van der Waals surface area (Å²) in [7, 11) is 2.11. The predicted octanol–water partition coefficient (Wildman–Crippen LogP) is 3.65. The molecule has 2 aliphatic rings. The fraction of sp³-hybridized carbons (Fsp3) is 0.250. The number of fused-ring (bicyclic) bond motifs is 1. The summed E-state index contributed by atoms with van der Waals surface area (Å²) >= 11 is 0. The van der Waals surface area contributed by atoms with Gasteiger partial charge in [-0.3, -0.25) is 0 Å². The number of anilines is 1. The van der Waals surface area contributed by atoms with Crippen LogP contribution in [-0.4, -0.2) is 18.0 Å². The van der Waals surface area contributed by atoms with Crippen LogP contribution < -0.4 is 4.90 Å². The highest BCUT2D eigenvalue weighted by atomic mass is 19.1. The summed E-state index contributed by atoms with van der Waals surface area (Å²) in [6, 6.07) is 6.98. The summed E-state index contributed by atoms with van der Waals surface area (Å²) in [6.45, 7) is 4.38. The Morgan fingerprint density at radius 3 is 2.53 bits per heavy atom. The van der Waals surface area contributed by atoms with E-state index in [1.165, 1.54) is 29.0 Å². The molecule has 0 saturated carbocycles. The summed E-state index contributed by atoms with van der Waals surface area (Å²) < 4.78 is 13.0. The summed E-state index contributed by atoms with van der Waals surface area (Å²) in [6.07, 6.45) is 6.27. The van der Waals surface area contributed by atoms with Crippen molar-refractivity contribution in [1.29, 1.82) is 0 Å². The molecule has 0 spiro atoms. The number of hydrogen-bond acceptors (Lipinski definition) is 2. The lowest BCUT2D eigenvalue weighted by Crippen LogP contribution is -2.25. The smallest absolute Gasteiger partial charge is 0.123 e. The van der Waals surface area contributed by atoms with Crippen molar-refractivity contribution in [3.8, 4) is 0 Å². The lowest BCUT2D eigenvalue weighted by molar-refractivity contribution is 0.391. The zero-order valence-corrected chi connectivity index (χ0v) is 11.4. The molecule has 19 heavy (non-hydrogen) atoms. The Labute approximate surface area is 113 Å². The van der Waals surface area contributed by atoms with Crippen LogP contribution in [0.3, 0.4) is 0 Å². The molecule has 3 heteroatoms. The van der Waals surface area contributed by atoms with E-state index in [0.717, 1.165) is 5.69 Å². The van der Waals surface area contributed by atoms with Crippen LogP contribution in [0.15, 0.2) is 59.6 Å². The molecule has 1 aromatic carbocycles. The van der Waals surface area contributed by atoms with Gasteiger partial charge in [0.1, 0.15) is 5.82 Å². The van der Waals surface area contributed by atoms with E-state index in [2.05, 4.69) is 38.1 Å². The van der Waals surface area contributed by atoms with Gasteiger partial charge < -0.3 is 9.80 Å². The van der Waals surface area contributed by atoms with Gasteiger partial charge in [0.15, 0.2) is 0 Å². The van der Waals surface area contributed by atoms with Crippen LogP contribution >= 0.6 is 0 Å². The lowest BCUT2D eigenvalue weighted by Gasteiger charge is -2.26. The van der Waals surface area contributed by atoms with Crippen molar-refractivity contribution >= 4 is 5.69 Å². The molecule has 98 valence electrons. The summed E-state index contributed by atoms with van der Waals surface area (Å²) in [5.74, 6) is -0.208. The fourth-order valence-corrected chi connectivity index (χ4v) is 2.60. The van der Waals surface area contributed by atoms with Crippen LogP contribution in [0.1, 0.15) is 13.8 Å². The van der Waals surface area contributed by atoms with Crippen molar-refractivity contribution in [2.45, 2.75) is 19.9 Å². The van der Waals surface area contributed by atoms with Gasteiger partial charge in [-0.1, -0.05) is 0 Å². The molecule has 0 amide bonds. The van der Waals surface area contributed by atoms with Gasteiger partial charge in [-0.2, -0.15) is 0 Å². The number of allylic oxidation sites excluding steroid dienone is 1. The number of likely N-dealkylation sites (N-methyl/N-ethyl adjacent to an activating group) is 1. The number of nitrogens with zero attached hydrogens (tertiary/aromatic N) is 2. The first kappa shape index (κ1) is 12.0. The Kier molecular flexibility index (Phi) is 2.70. The van der Waals surface area contributed by atoms with Crippen LogP contribution in [0.25, 0.3) is 0 Å². The SMILES string of the molecule is CC1=C2C=CN(c3ccc(F)cc3)C=C2N(C)C1C. The zero-order valence-electron chi connectivity index (χ0n) is 11.4. The van der Waals surface area contributed by atoms with Crippen LogP contribution in [0.5, 0.6) is 0 Å². The molecular formula is C16H17FN2. The molecule has 1 unspecified atom stereocenters. The van der Waals surface area contributed by atoms with E-state index in [-0.39, 0.29) is 5.82 Å². The molecular weight excluding hydrogens is 239 g/mol. The number of hydrogen-bond donors (Lipinski definition) is 0. The Balaban J connectivity index is 1.98. The van der Waals surface area contributed by atoms with E-state index >= 15 is 0 Å². The number of benzene rings is 1. The van der Waals surface area contributed by atoms with Gasteiger partial charge >= 0.3 is 0 Å². The number of halogens is 1. The first-order valence-electron chi connectivity index (χ1n) is 6.46. The van der Waals surface area contributed by atoms with Crippen molar-refractivity contribution in [3.05, 3.63) is 65.4 Å². The van der Waals surface area contributed by atoms with Gasteiger partial charge in [0.25, 0.3) is 0 Å². The Bertz CT molecular complexity index is 596. The van der Waals surface area contributed by atoms with Crippen molar-refractivity contribution in [3.63, 3.8) is 0 Å². The molecule has 2 heterocycles. The quantitative estimate of drug-likeness (QED) is 0.756. The normalized spacial score (nSPS) is 21.9. The van der Waals surface area contributed by atoms with Crippen molar-refractivity contribution in [2.24, 2.45) is 0 Å². The third-order valence-corrected chi connectivity index (χ3v) is 4.08. The highest BCUT2D eigenvalue weighted by molar-refractivity contribution is 5.61. The molecule has 0 aliphatic carbocycles. The van der Waals surface area contributed by atoms with Crippen LogP contribution in [0.4, 0.5) is 10.1 Å². The second-order valence-electron chi connectivity index (χ2n) is 5.10. The standard InChI is InChI=1S/C16H17FN2/c1-11-12(2)18(3)16-10-19(9-8-15(11)16)14-6-4-13(17)5-7-14/h4-10,12H,1-3H3. The van der Waals surface area contributed by atoms with E-state index in [0.29, 0.717) is 6.04 Å². The Morgan fingerprint density at radius 1 is 1.16 bits per heavy atom. The molecule has 0 fully saturated rings. The molecule has 0 N–H and O–H groups in total. The van der Waals surface area contributed by atoms with Gasteiger partial charge in [-0.25, -0.2) is 4.39 Å². The third-order valence-electron chi connectivity index (χ3n) is 4.08. The van der Waals surface area contributed by atoms with E-state index in [1.54, 1.807) is 12.1 Å². The minimum absolute atomic E-state index is 0.208. The van der Waals surface area contributed by atoms with Gasteiger partial charge in [-0.15, -0.1) is 0 Å². The van der Waals surface area contributed by atoms with Crippen LogP contribution in [-0.2, 0) is 0 Å². The zero-order chi connectivity index (χ0) is 13.6. The molecule has 0 saturated heterocycles. The fourth-order valence-electron chi connectivity index (χ4n) is 2.60. The Hall–Kier alpha value is -2.03. The highest BCUT2D eigenvalue weighted by Gasteiger charge is 2.28. The van der Waals surface area contributed by atoms with E-state index in [4.69, 9.17) is 0 Å². The average molecular weight is 256 g/mol. The van der Waals surface area contributed by atoms with Crippen molar-refractivity contribution in [1.82, 2.24) is 4.90 Å². The Morgan fingerprint density at radius 2 is 1.84 bits per heavy atom. The van der Waals surface area contributed by atoms with E-state index < -0.39 is 0 Å². The van der Waals surface area contributed by atoms with E-state index in [1.807, 2.05) is 11.1 Å². The predicted molar refractivity (Wildman–Crippen MR) is 76.0 cm³/mol. The monoisotopic (exact) mass is 256 g/mol. The first-order valence-corrected chi connectivity index (χ1v) is 6.46. The maximum absolute atomic E-state index is 13.0. The second kappa shape index (κ2) is 4.26. The van der Waals surface area contributed by atoms with Gasteiger partial charge in [0.2, 0.25) is 0 Å². The molecule has 2 aliphatic heterocycles. The molecule has 0 aromatic heterocycles. The van der Waals surface area contributed by atoms with Gasteiger partial charge in [0.05, 0.1) is 5.70 Å².